The van der Waals surface area contributed by atoms with Crippen molar-refractivity contribution in [1.29, 1.82) is 0 Å². The maximum absolute atomic E-state index is 5.88. The summed E-state index contributed by atoms with van der Waals surface area (Å²) in [4.78, 5) is 4.05. The first-order chi connectivity index (χ1) is 7.31. The van der Waals surface area contributed by atoms with E-state index in [4.69, 9.17) is 16.3 Å². The van der Waals surface area contributed by atoms with Crippen LogP contribution < -0.4 is 5.32 Å². The quantitative estimate of drug-likeness (QED) is 0.838. The van der Waals surface area contributed by atoms with Crippen LogP contribution in [0.5, 0.6) is 0 Å². The largest absolute Gasteiger partial charge is 0.378 e. The molecule has 0 aromatic carbocycles. The monoisotopic (exact) mass is 224 g/mol. The van der Waals surface area contributed by atoms with Crippen LogP contribution in [0.25, 0.3) is 0 Å². The molecule has 0 aliphatic carbocycles. The summed E-state index contributed by atoms with van der Waals surface area (Å²) in [5, 5.41) is 4.11. The molecule has 15 heavy (non-hydrogen) atoms. The summed E-state index contributed by atoms with van der Waals surface area (Å²) in [5.74, 6) is 0. The van der Waals surface area contributed by atoms with E-state index in [1.807, 2.05) is 6.07 Å². The molecule has 3 rings (SSSR count). The molecule has 0 saturated carbocycles. The first kappa shape index (κ1) is 9.43. The first-order valence-corrected chi connectivity index (χ1v) is 5.71. The van der Waals surface area contributed by atoms with Crippen molar-refractivity contribution >= 4 is 17.3 Å². The third-order valence-corrected chi connectivity index (χ3v) is 3.37. The van der Waals surface area contributed by atoms with Crippen molar-refractivity contribution < 1.29 is 4.74 Å². The maximum Gasteiger partial charge on any atom is 0.0781 e. The minimum Gasteiger partial charge on any atom is -0.378 e. The van der Waals surface area contributed by atoms with E-state index in [1.54, 1.807) is 12.4 Å². The highest BCUT2D eigenvalue weighted by atomic mass is 35.5. The summed E-state index contributed by atoms with van der Waals surface area (Å²) in [5.41, 5.74) is 0.989. The number of ether oxygens (including phenoxy) is 1. The third-order valence-electron chi connectivity index (χ3n) is 3.16. The number of rotatable bonds is 2. The van der Waals surface area contributed by atoms with Gasteiger partial charge < -0.3 is 10.1 Å². The zero-order valence-electron chi connectivity index (χ0n) is 8.32. The van der Waals surface area contributed by atoms with Gasteiger partial charge in [0.25, 0.3) is 0 Å². The van der Waals surface area contributed by atoms with E-state index in [9.17, 15) is 0 Å². The van der Waals surface area contributed by atoms with Crippen molar-refractivity contribution in [3.05, 3.63) is 23.5 Å². The smallest absolute Gasteiger partial charge is 0.0781 e. The minimum atomic E-state index is 0.383. The second-order valence-corrected chi connectivity index (χ2v) is 4.69. The molecule has 2 fully saturated rings. The molecule has 2 saturated heterocycles. The van der Waals surface area contributed by atoms with E-state index in [0.717, 1.165) is 12.1 Å². The molecule has 3 nitrogen and oxygen atoms in total. The molecule has 0 spiro atoms. The Balaban J connectivity index is 1.71. The molecular weight excluding hydrogens is 212 g/mol. The predicted molar refractivity (Wildman–Crippen MR) is 59.2 cm³/mol. The SMILES string of the molecule is Clc1cncc(N[C@@H]2C[C@H]3CC[C@H]2O3)c1. The van der Waals surface area contributed by atoms with E-state index in [1.165, 1.54) is 12.8 Å². The Labute approximate surface area is 93.8 Å². The van der Waals surface area contributed by atoms with Crippen molar-refractivity contribution in [3.63, 3.8) is 0 Å². The van der Waals surface area contributed by atoms with E-state index in [-0.39, 0.29) is 0 Å². The van der Waals surface area contributed by atoms with Gasteiger partial charge in [0.1, 0.15) is 0 Å². The van der Waals surface area contributed by atoms with E-state index in [0.29, 0.717) is 23.3 Å². The summed E-state index contributed by atoms with van der Waals surface area (Å²) < 4.78 is 5.77. The number of hydrogen-bond acceptors (Lipinski definition) is 3. The normalized spacial score (nSPS) is 33.3. The van der Waals surface area contributed by atoms with Crippen LogP contribution in [0.15, 0.2) is 18.5 Å². The fourth-order valence-electron chi connectivity index (χ4n) is 2.49. The van der Waals surface area contributed by atoms with Gasteiger partial charge in [-0.15, -0.1) is 0 Å². The highest BCUT2D eigenvalue weighted by molar-refractivity contribution is 6.30. The summed E-state index contributed by atoms with van der Waals surface area (Å²) in [7, 11) is 0. The van der Waals surface area contributed by atoms with Crippen LogP contribution in [-0.4, -0.2) is 23.2 Å². The molecule has 3 heterocycles. The van der Waals surface area contributed by atoms with Gasteiger partial charge in [0.2, 0.25) is 0 Å². The zero-order chi connectivity index (χ0) is 10.3. The lowest BCUT2D eigenvalue weighted by atomic mass is 9.95. The summed E-state index contributed by atoms with van der Waals surface area (Å²) in [6.45, 7) is 0. The molecule has 0 radical (unpaired) electrons. The second-order valence-electron chi connectivity index (χ2n) is 4.25. The van der Waals surface area contributed by atoms with Crippen LogP contribution in [0, 0.1) is 0 Å². The van der Waals surface area contributed by atoms with Crippen molar-refractivity contribution in [2.45, 2.75) is 37.5 Å². The number of nitrogens with zero attached hydrogens (tertiary/aromatic N) is 1. The fraction of sp³-hybridized carbons (Fsp3) is 0.545. The van der Waals surface area contributed by atoms with Crippen LogP contribution >= 0.6 is 11.6 Å². The van der Waals surface area contributed by atoms with Crippen molar-refractivity contribution in [1.82, 2.24) is 4.98 Å². The number of anilines is 1. The molecule has 2 aliphatic heterocycles. The minimum absolute atomic E-state index is 0.383. The van der Waals surface area contributed by atoms with Crippen molar-refractivity contribution in [2.75, 3.05) is 5.32 Å². The topological polar surface area (TPSA) is 34.2 Å². The molecular formula is C11H13ClN2O. The van der Waals surface area contributed by atoms with Crippen LogP contribution in [0.3, 0.4) is 0 Å². The first-order valence-electron chi connectivity index (χ1n) is 5.34. The van der Waals surface area contributed by atoms with Crippen LogP contribution in [0.1, 0.15) is 19.3 Å². The molecule has 1 N–H and O–H groups in total. The van der Waals surface area contributed by atoms with Gasteiger partial charge in [-0.05, 0) is 25.3 Å². The van der Waals surface area contributed by atoms with Crippen LogP contribution in [0.2, 0.25) is 5.02 Å². The lowest BCUT2D eigenvalue weighted by molar-refractivity contribution is 0.102. The Morgan fingerprint density at radius 2 is 2.33 bits per heavy atom. The fourth-order valence-corrected chi connectivity index (χ4v) is 2.67. The Morgan fingerprint density at radius 1 is 1.40 bits per heavy atom. The molecule has 0 unspecified atom stereocenters. The van der Waals surface area contributed by atoms with Gasteiger partial charge in [-0.3, -0.25) is 4.98 Å². The molecule has 2 bridgehead atoms. The lowest BCUT2D eigenvalue weighted by Crippen LogP contribution is -2.30. The lowest BCUT2D eigenvalue weighted by Gasteiger charge is -2.20. The van der Waals surface area contributed by atoms with Crippen LogP contribution in [-0.2, 0) is 4.74 Å². The van der Waals surface area contributed by atoms with E-state index in [2.05, 4.69) is 10.3 Å². The second kappa shape index (κ2) is 3.65. The Morgan fingerprint density at radius 3 is 3.00 bits per heavy atom. The summed E-state index contributed by atoms with van der Waals surface area (Å²) >= 11 is 5.88. The summed E-state index contributed by atoms with van der Waals surface area (Å²) in [6.07, 6.45) is 7.81. The number of hydrogen-bond donors (Lipinski definition) is 1. The Hall–Kier alpha value is -0.800. The number of pyridine rings is 1. The standard InChI is InChI=1S/C11H13ClN2O/c12-7-3-8(6-13-5-7)14-10-4-9-1-2-11(10)15-9/h3,5-6,9-11,14H,1-2,4H2/t9-,10-,11-/m1/s1. The molecule has 4 heteroatoms. The van der Waals surface area contributed by atoms with Gasteiger partial charge in [-0.2, -0.15) is 0 Å². The average molecular weight is 225 g/mol. The molecule has 1 aromatic rings. The van der Waals surface area contributed by atoms with Crippen LogP contribution in [0.4, 0.5) is 5.69 Å². The molecule has 80 valence electrons. The van der Waals surface area contributed by atoms with Gasteiger partial charge in [-0.1, -0.05) is 11.6 Å². The molecule has 2 aliphatic rings. The number of nitrogens with one attached hydrogen (secondary N) is 1. The van der Waals surface area contributed by atoms with E-state index < -0.39 is 0 Å². The van der Waals surface area contributed by atoms with Gasteiger partial charge in [0.05, 0.1) is 35.2 Å². The Bertz CT molecular complexity index is 371. The maximum atomic E-state index is 5.88. The molecule has 1 aromatic heterocycles. The van der Waals surface area contributed by atoms with Crippen molar-refractivity contribution in [3.8, 4) is 0 Å². The van der Waals surface area contributed by atoms with Gasteiger partial charge >= 0.3 is 0 Å². The predicted octanol–water partition coefficient (Wildman–Crippen LogP) is 2.47. The Kier molecular flexibility index (Phi) is 2.29. The average Bonchev–Trinajstić information content (AvgIpc) is 2.79. The third kappa shape index (κ3) is 1.82. The number of fused-ring (bicyclic) bond motifs is 2. The summed E-state index contributed by atoms with van der Waals surface area (Å²) in [6, 6.07) is 2.34. The van der Waals surface area contributed by atoms with Gasteiger partial charge in [0, 0.05) is 6.20 Å². The van der Waals surface area contributed by atoms with Gasteiger partial charge in [-0.25, -0.2) is 0 Å². The van der Waals surface area contributed by atoms with Gasteiger partial charge in [0.15, 0.2) is 0 Å². The number of aromatic nitrogens is 1. The molecule has 0 amide bonds. The highest BCUT2D eigenvalue weighted by Gasteiger charge is 2.40. The highest BCUT2D eigenvalue weighted by Crippen LogP contribution is 2.35. The number of halogens is 1. The van der Waals surface area contributed by atoms with E-state index >= 15 is 0 Å². The zero-order valence-corrected chi connectivity index (χ0v) is 9.07. The molecule has 3 atom stereocenters. The van der Waals surface area contributed by atoms with Crippen molar-refractivity contribution in [2.24, 2.45) is 0 Å².